The van der Waals surface area contributed by atoms with Gasteiger partial charge < -0.3 is 15.2 Å². The number of carboxylic acids is 1. The van der Waals surface area contributed by atoms with Gasteiger partial charge in [-0.3, -0.25) is 9.59 Å². The van der Waals surface area contributed by atoms with Crippen molar-refractivity contribution in [1.29, 1.82) is 0 Å². The Kier molecular flexibility index (Phi) is 6.76. The van der Waals surface area contributed by atoms with Crippen molar-refractivity contribution in [2.75, 3.05) is 11.9 Å². The first-order chi connectivity index (χ1) is 12.3. The summed E-state index contributed by atoms with van der Waals surface area (Å²) in [5.41, 5.74) is 1.70. The van der Waals surface area contributed by atoms with Crippen molar-refractivity contribution in [3.05, 3.63) is 39.7 Å². The number of aryl methyl sites for hydroxylation is 1. The Hall–Kier alpha value is -2.38. The second kappa shape index (κ2) is 8.82. The van der Waals surface area contributed by atoms with Crippen LogP contribution in [0.15, 0.2) is 24.3 Å². The third-order valence-corrected chi connectivity index (χ3v) is 4.79. The molecule has 0 fully saturated rings. The number of esters is 1. The van der Waals surface area contributed by atoms with E-state index < -0.39 is 17.8 Å². The van der Waals surface area contributed by atoms with Gasteiger partial charge in [0.25, 0.3) is 0 Å². The van der Waals surface area contributed by atoms with Crippen LogP contribution in [-0.2, 0) is 14.3 Å². The molecule has 6 nitrogen and oxygen atoms in total. The average Bonchev–Trinajstić information content (AvgIpc) is 2.90. The molecule has 0 aliphatic rings. The van der Waals surface area contributed by atoms with Gasteiger partial charge in [-0.05, 0) is 31.5 Å². The highest BCUT2D eigenvalue weighted by Gasteiger charge is 2.25. The molecule has 0 spiro atoms. The van der Waals surface area contributed by atoms with E-state index in [4.69, 9.17) is 21.4 Å². The fourth-order valence-corrected chi connectivity index (χ4v) is 3.61. The number of carboxylic acid groups (broad SMARTS) is 1. The highest BCUT2D eigenvalue weighted by Crippen LogP contribution is 2.40. The maximum atomic E-state index is 12.5. The van der Waals surface area contributed by atoms with Crippen molar-refractivity contribution in [2.24, 2.45) is 0 Å². The van der Waals surface area contributed by atoms with E-state index in [1.165, 1.54) is 11.3 Å². The second-order valence-electron chi connectivity index (χ2n) is 5.41. The molecular formula is C18H18ClNO5S. The molecule has 0 aliphatic heterocycles. The second-order valence-corrected chi connectivity index (χ2v) is 7.07. The standard InChI is InChI=1S/C18H18ClNO5S/c1-3-25-18(24)16-15(11-4-6-12(19)7-5-11)10(2)26-17(16)20-13(21)8-9-14(22)23/h4-7H,3,8-9H2,1-2H3,(H,20,21)(H,22,23). The van der Waals surface area contributed by atoms with Crippen LogP contribution >= 0.6 is 22.9 Å². The summed E-state index contributed by atoms with van der Waals surface area (Å²) in [6.45, 7) is 3.73. The number of anilines is 1. The Labute approximate surface area is 159 Å². The fourth-order valence-electron chi connectivity index (χ4n) is 2.40. The number of hydrogen-bond donors (Lipinski definition) is 2. The zero-order valence-corrected chi connectivity index (χ0v) is 15.9. The van der Waals surface area contributed by atoms with Crippen molar-refractivity contribution in [1.82, 2.24) is 0 Å². The first kappa shape index (κ1) is 19.9. The number of carbonyl (C=O) groups excluding carboxylic acids is 2. The lowest BCUT2D eigenvalue weighted by atomic mass is 10.0. The molecule has 2 N–H and O–H groups in total. The van der Waals surface area contributed by atoms with E-state index in [-0.39, 0.29) is 25.0 Å². The molecule has 2 rings (SSSR count). The lowest BCUT2D eigenvalue weighted by molar-refractivity contribution is -0.138. The molecule has 0 aliphatic carbocycles. The molecule has 0 saturated carbocycles. The molecule has 26 heavy (non-hydrogen) atoms. The van der Waals surface area contributed by atoms with Crippen molar-refractivity contribution >= 4 is 45.8 Å². The molecule has 138 valence electrons. The Balaban J connectivity index is 2.43. The summed E-state index contributed by atoms with van der Waals surface area (Å²) in [6.07, 6.45) is -0.459. The molecule has 1 heterocycles. The van der Waals surface area contributed by atoms with Crippen LogP contribution in [0.3, 0.4) is 0 Å². The summed E-state index contributed by atoms with van der Waals surface area (Å²) in [7, 11) is 0. The van der Waals surface area contributed by atoms with E-state index in [0.717, 1.165) is 10.4 Å². The number of benzene rings is 1. The lowest BCUT2D eigenvalue weighted by Gasteiger charge is -2.09. The van der Waals surface area contributed by atoms with Crippen molar-refractivity contribution in [2.45, 2.75) is 26.7 Å². The number of aliphatic carboxylic acids is 1. The predicted molar refractivity (Wildman–Crippen MR) is 101 cm³/mol. The summed E-state index contributed by atoms with van der Waals surface area (Å²) in [5.74, 6) is -2.08. The molecule has 1 amide bonds. The third-order valence-electron chi connectivity index (χ3n) is 3.52. The van der Waals surface area contributed by atoms with E-state index >= 15 is 0 Å². The minimum atomic E-state index is -1.06. The molecule has 0 radical (unpaired) electrons. The smallest absolute Gasteiger partial charge is 0.341 e. The van der Waals surface area contributed by atoms with Gasteiger partial charge in [0, 0.05) is 21.9 Å². The van der Waals surface area contributed by atoms with Gasteiger partial charge in [-0.15, -0.1) is 11.3 Å². The number of nitrogens with one attached hydrogen (secondary N) is 1. The van der Waals surface area contributed by atoms with Gasteiger partial charge >= 0.3 is 11.9 Å². The number of halogens is 1. The normalized spacial score (nSPS) is 10.4. The van der Waals surface area contributed by atoms with E-state index in [2.05, 4.69) is 5.32 Å². The molecular weight excluding hydrogens is 378 g/mol. The summed E-state index contributed by atoms with van der Waals surface area (Å²) >= 11 is 7.17. The molecule has 0 bridgehead atoms. The van der Waals surface area contributed by atoms with Crippen molar-refractivity contribution < 1.29 is 24.2 Å². The van der Waals surface area contributed by atoms with Crippen LogP contribution in [0.4, 0.5) is 5.00 Å². The Morgan fingerprint density at radius 3 is 2.42 bits per heavy atom. The number of carbonyl (C=O) groups is 3. The van der Waals surface area contributed by atoms with Gasteiger partial charge in [0.05, 0.1) is 13.0 Å². The zero-order valence-electron chi connectivity index (χ0n) is 14.3. The third kappa shape index (κ3) is 4.83. The van der Waals surface area contributed by atoms with Gasteiger partial charge in [0.15, 0.2) is 0 Å². The molecule has 0 atom stereocenters. The predicted octanol–water partition coefficient (Wildman–Crippen LogP) is 4.36. The van der Waals surface area contributed by atoms with Crippen LogP contribution in [0, 0.1) is 6.92 Å². The summed E-state index contributed by atoms with van der Waals surface area (Å²) in [4.78, 5) is 36.0. The van der Waals surface area contributed by atoms with Crippen LogP contribution in [-0.4, -0.2) is 29.6 Å². The summed E-state index contributed by atoms with van der Waals surface area (Å²) in [5, 5.41) is 12.3. The van der Waals surface area contributed by atoms with Gasteiger partial charge in [-0.25, -0.2) is 4.79 Å². The largest absolute Gasteiger partial charge is 0.481 e. The van der Waals surface area contributed by atoms with Crippen LogP contribution in [0.1, 0.15) is 35.0 Å². The topological polar surface area (TPSA) is 92.7 Å². The van der Waals surface area contributed by atoms with Crippen molar-refractivity contribution in [3.63, 3.8) is 0 Å². The molecule has 1 aromatic heterocycles. The van der Waals surface area contributed by atoms with E-state index in [1.807, 2.05) is 6.92 Å². The maximum Gasteiger partial charge on any atom is 0.341 e. The summed E-state index contributed by atoms with van der Waals surface area (Å²) in [6, 6.07) is 7.01. The monoisotopic (exact) mass is 395 g/mol. The van der Waals surface area contributed by atoms with E-state index in [0.29, 0.717) is 15.6 Å². The fraction of sp³-hybridized carbons (Fsp3) is 0.278. The van der Waals surface area contributed by atoms with Gasteiger partial charge in [-0.2, -0.15) is 0 Å². The maximum absolute atomic E-state index is 12.5. The SMILES string of the molecule is CCOC(=O)c1c(NC(=O)CCC(=O)O)sc(C)c1-c1ccc(Cl)cc1. The average molecular weight is 396 g/mol. The number of thiophene rings is 1. The van der Waals surface area contributed by atoms with Crippen molar-refractivity contribution in [3.8, 4) is 11.1 Å². The first-order valence-electron chi connectivity index (χ1n) is 7.91. The highest BCUT2D eigenvalue weighted by atomic mass is 35.5. The van der Waals surface area contributed by atoms with E-state index in [9.17, 15) is 14.4 Å². The van der Waals surface area contributed by atoms with Gasteiger partial charge in [0.1, 0.15) is 10.6 Å². The number of ether oxygens (including phenoxy) is 1. The minimum Gasteiger partial charge on any atom is -0.481 e. The molecule has 2 aromatic rings. The minimum absolute atomic E-state index is 0.176. The highest BCUT2D eigenvalue weighted by molar-refractivity contribution is 7.17. The van der Waals surface area contributed by atoms with Gasteiger partial charge in [0.2, 0.25) is 5.91 Å². The number of rotatable bonds is 7. The molecule has 8 heteroatoms. The van der Waals surface area contributed by atoms with Crippen LogP contribution in [0.5, 0.6) is 0 Å². The zero-order chi connectivity index (χ0) is 19.3. The Bertz CT molecular complexity index is 829. The van der Waals surface area contributed by atoms with Crippen LogP contribution in [0.2, 0.25) is 5.02 Å². The van der Waals surface area contributed by atoms with Crippen LogP contribution in [0.25, 0.3) is 11.1 Å². The first-order valence-corrected chi connectivity index (χ1v) is 9.11. The summed E-state index contributed by atoms with van der Waals surface area (Å²) < 4.78 is 5.14. The lowest BCUT2D eigenvalue weighted by Crippen LogP contribution is -2.15. The van der Waals surface area contributed by atoms with Gasteiger partial charge in [-0.1, -0.05) is 23.7 Å². The number of amides is 1. The van der Waals surface area contributed by atoms with Crippen LogP contribution < -0.4 is 5.32 Å². The molecule has 0 unspecified atom stereocenters. The number of hydrogen-bond acceptors (Lipinski definition) is 5. The Morgan fingerprint density at radius 1 is 1.19 bits per heavy atom. The molecule has 1 aromatic carbocycles. The quantitative estimate of drug-likeness (QED) is 0.679. The Morgan fingerprint density at radius 2 is 1.85 bits per heavy atom. The molecule has 0 saturated heterocycles. The van der Waals surface area contributed by atoms with E-state index in [1.54, 1.807) is 31.2 Å².